The number of halogens is 1. The van der Waals surface area contributed by atoms with Gasteiger partial charge in [0.2, 0.25) is 0 Å². The smallest absolute Gasteiger partial charge is 0.277 e. The van der Waals surface area contributed by atoms with Crippen molar-refractivity contribution in [1.29, 1.82) is 5.26 Å². The van der Waals surface area contributed by atoms with E-state index in [-0.39, 0.29) is 13.2 Å². The Morgan fingerprint density at radius 3 is 2.85 bits per heavy atom. The van der Waals surface area contributed by atoms with Crippen molar-refractivity contribution in [2.24, 2.45) is 5.10 Å². The Morgan fingerprint density at radius 1 is 1.27 bits per heavy atom. The second-order valence-electron chi connectivity index (χ2n) is 5.40. The Morgan fingerprint density at radius 2 is 2.04 bits per heavy atom. The molecule has 0 aliphatic rings. The lowest BCUT2D eigenvalue weighted by molar-refractivity contribution is -0.123. The molecule has 1 amide bonds. The summed E-state index contributed by atoms with van der Waals surface area (Å²) in [5.41, 5.74) is 4.16. The fraction of sp³-hybridized carbons (Fsp3) is 0.105. The van der Waals surface area contributed by atoms with Gasteiger partial charge in [0.1, 0.15) is 12.3 Å². The lowest BCUT2D eigenvalue weighted by Crippen LogP contribution is -2.24. The molecule has 6 nitrogen and oxygen atoms in total. The van der Waals surface area contributed by atoms with Gasteiger partial charge in [0.15, 0.2) is 6.61 Å². The molecule has 3 aromatic rings. The van der Waals surface area contributed by atoms with E-state index in [1.807, 2.05) is 35.0 Å². The largest absolute Gasteiger partial charge is 0.482 e. The van der Waals surface area contributed by atoms with E-state index in [1.54, 1.807) is 30.5 Å². The highest BCUT2D eigenvalue weighted by molar-refractivity contribution is 6.32. The number of ether oxygens (including phenoxy) is 1. The van der Waals surface area contributed by atoms with Gasteiger partial charge >= 0.3 is 0 Å². The van der Waals surface area contributed by atoms with Crippen molar-refractivity contribution in [1.82, 2.24) is 9.99 Å². The van der Waals surface area contributed by atoms with Crippen molar-refractivity contribution in [2.75, 3.05) is 6.61 Å². The van der Waals surface area contributed by atoms with Gasteiger partial charge in [-0.25, -0.2) is 5.43 Å². The highest BCUT2D eigenvalue weighted by atomic mass is 35.5. The zero-order chi connectivity index (χ0) is 18.4. The number of hydrazone groups is 1. The lowest BCUT2D eigenvalue weighted by Gasteiger charge is -2.06. The summed E-state index contributed by atoms with van der Waals surface area (Å²) in [5.74, 6) is 0.0369. The van der Waals surface area contributed by atoms with Crippen LogP contribution in [0.15, 0.2) is 59.8 Å². The van der Waals surface area contributed by atoms with Crippen molar-refractivity contribution in [3.8, 4) is 11.8 Å². The number of fused-ring (bicyclic) bond motifs is 1. The van der Waals surface area contributed by atoms with Gasteiger partial charge in [-0.2, -0.15) is 10.4 Å². The van der Waals surface area contributed by atoms with Gasteiger partial charge in [0.25, 0.3) is 5.91 Å². The number of nitriles is 1. The first-order chi connectivity index (χ1) is 12.7. The zero-order valence-electron chi connectivity index (χ0n) is 13.7. The highest BCUT2D eigenvalue weighted by Crippen LogP contribution is 2.23. The third-order valence-corrected chi connectivity index (χ3v) is 3.96. The zero-order valence-corrected chi connectivity index (χ0v) is 14.5. The summed E-state index contributed by atoms with van der Waals surface area (Å²) in [6.45, 7) is 0.0453. The maximum atomic E-state index is 11.8. The second kappa shape index (κ2) is 8.19. The van der Waals surface area contributed by atoms with Crippen LogP contribution in [0.4, 0.5) is 0 Å². The minimum atomic E-state index is -0.401. The molecule has 0 saturated heterocycles. The van der Waals surface area contributed by atoms with E-state index in [1.165, 1.54) is 0 Å². The third kappa shape index (κ3) is 4.02. The maximum absolute atomic E-state index is 11.8. The molecular formula is C19H15ClN4O2. The predicted octanol–water partition coefficient (Wildman–Crippen LogP) is 3.35. The second-order valence-corrected chi connectivity index (χ2v) is 5.81. The summed E-state index contributed by atoms with van der Waals surface area (Å²) < 4.78 is 7.18. The number of carbonyl (C=O) groups is 1. The molecule has 1 N–H and O–H groups in total. The van der Waals surface area contributed by atoms with E-state index < -0.39 is 5.91 Å². The monoisotopic (exact) mass is 366 g/mol. The summed E-state index contributed by atoms with van der Waals surface area (Å²) >= 11 is 5.96. The standard InChI is InChI=1S/C19H15ClN4O2/c20-16-6-2-4-8-18(16)26-13-19(25)23-22-11-14-12-24(10-9-21)17-7-3-1-5-15(14)17/h1-8,11-12H,10,13H2,(H,23,25)/b22-11+. The minimum absolute atomic E-state index is 0.197. The minimum Gasteiger partial charge on any atom is -0.482 e. The van der Waals surface area contributed by atoms with E-state index >= 15 is 0 Å². The van der Waals surface area contributed by atoms with E-state index in [2.05, 4.69) is 16.6 Å². The van der Waals surface area contributed by atoms with Crippen molar-refractivity contribution >= 4 is 34.6 Å². The van der Waals surface area contributed by atoms with Crippen molar-refractivity contribution in [3.05, 3.63) is 65.3 Å². The molecule has 0 saturated carbocycles. The van der Waals surface area contributed by atoms with Gasteiger partial charge in [-0.3, -0.25) is 4.79 Å². The van der Waals surface area contributed by atoms with Crippen LogP contribution in [0, 0.1) is 11.3 Å². The number of nitrogens with one attached hydrogen (secondary N) is 1. The molecule has 1 heterocycles. The van der Waals surface area contributed by atoms with Crippen LogP contribution in [-0.2, 0) is 11.3 Å². The van der Waals surface area contributed by atoms with Crippen LogP contribution in [0.1, 0.15) is 5.56 Å². The molecule has 1 aromatic heterocycles. The van der Waals surface area contributed by atoms with E-state index in [0.29, 0.717) is 10.8 Å². The van der Waals surface area contributed by atoms with E-state index in [4.69, 9.17) is 21.6 Å². The van der Waals surface area contributed by atoms with Gasteiger partial charge in [0.05, 0.1) is 17.3 Å². The van der Waals surface area contributed by atoms with E-state index in [9.17, 15) is 4.79 Å². The Balaban J connectivity index is 1.63. The maximum Gasteiger partial charge on any atom is 0.277 e. The number of hydrogen-bond donors (Lipinski definition) is 1. The summed E-state index contributed by atoms with van der Waals surface area (Å²) in [6.07, 6.45) is 3.37. The van der Waals surface area contributed by atoms with Gasteiger partial charge < -0.3 is 9.30 Å². The van der Waals surface area contributed by atoms with Gasteiger partial charge in [-0.05, 0) is 18.2 Å². The first kappa shape index (κ1) is 17.5. The first-order valence-corrected chi connectivity index (χ1v) is 8.21. The highest BCUT2D eigenvalue weighted by Gasteiger charge is 2.07. The lowest BCUT2D eigenvalue weighted by atomic mass is 10.2. The van der Waals surface area contributed by atoms with Crippen molar-refractivity contribution in [3.63, 3.8) is 0 Å². The molecule has 0 bridgehead atoms. The summed E-state index contributed by atoms with van der Waals surface area (Å²) in [5, 5.41) is 14.3. The number of para-hydroxylation sites is 2. The topological polar surface area (TPSA) is 79.4 Å². The molecule has 0 spiro atoms. The molecule has 130 valence electrons. The fourth-order valence-corrected chi connectivity index (χ4v) is 2.69. The number of amides is 1. The molecule has 2 aromatic carbocycles. The van der Waals surface area contributed by atoms with Gasteiger partial charge in [0, 0.05) is 22.7 Å². The predicted molar refractivity (Wildman–Crippen MR) is 100 cm³/mol. The van der Waals surface area contributed by atoms with Crippen LogP contribution < -0.4 is 10.2 Å². The van der Waals surface area contributed by atoms with Crippen molar-refractivity contribution in [2.45, 2.75) is 6.54 Å². The van der Waals surface area contributed by atoms with Gasteiger partial charge in [-0.1, -0.05) is 41.9 Å². The van der Waals surface area contributed by atoms with Gasteiger partial charge in [-0.15, -0.1) is 0 Å². The summed E-state index contributed by atoms with van der Waals surface area (Å²) in [6, 6.07) is 16.7. The van der Waals surface area contributed by atoms with Crippen LogP contribution in [0.3, 0.4) is 0 Å². The molecular weight excluding hydrogens is 352 g/mol. The molecule has 0 fully saturated rings. The first-order valence-electron chi connectivity index (χ1n) is 7.83. The van der Waals surface area contributed by atoms with E-state index in [0.717, 1.165) is 16.5 Å². The fourth-order valence-electron chi connectivity index (χ4n) is 2.50. The van der Waals surface area contributed by atoms with Crippen LogP contribution in [-0.4, -0.2) is 23.3 Å². The molecule has 3 rings (SSSR count). The molecule has 0 atom stereocenters. The Hall–Kier alpha value is -3.30. The molecule has 26 heavy (non-hydrogen) atoms. The van der Waals surface area contributed by atoms with Crippen LogP contribution >= 0.6 is 11.6 Å². The average Bonchev–Trinajstić information content (AvgIpc) is 2.99. The number of benzene rings is 2. The molecule has 0 unspecified atom stereocenters. The summed E-state index contributed by atoms with van der Waals surface area (Å²) in [4.78, 5) is 11.8. The molecule has 0 aliphatic carbocycles. The molecule has 0 aliphatic heterocycles. The number of carbonyl (C=O) groups excluding carboxylic acids is 1. The van der Waals surface area contributed by atoms with Crippen LogP contribution in [0.5, 0.6) is 5.75 Å². The Bertz CT molecular complexity index is 1000. The summed E-state index contributed by atoms with van der Waals surface area (Å²) in [7, 11) is 0. The molecule has 0 radical (unpaired) electrons. The quantitative estimate of drug-likeness (QED) is 0.536. The molecule has 7 heteroatoms. The number of aromatic nitrogens is 1. The Kier molecular flexibility index (Phi) is 5.52. The SMILES string of the molecule is N#CCn1cc(/C=N/NC(=O)COc2ccccc2Cl)c2ccccc21. The number of nitrogens with zero attached hydrogens (tertiary/aromatic N) is 3. The van der Waals surface area contributed by atoms with Crippen LogP contribution in [0.2, 0.25) is 5.02 Å². The van der Waals surface area contributed by atoms with Crippen LogP contribution in [0.25, 0.3) is 10.9 Å². The Labute approximate surface area is 155 Å². The number of hydrogen-bond acceptors (Lipinski definition) is 4. The van der Waals surface area contributed by atoms with Crippen molar-refractivity contribution < 1.29 is 9.53 Å². The average molecular weight is 367 g/mol. The normalized spacial score (nSPS) is 10.8. The number of rotatable bonds is 6. The third-order valence-electron chi connectivity index (χ3n) is 3.65.